The first-order valence-electron chi connectivity index (χ1n) is 9.82. The van der Waals surface area contributed by atoms with E-state index in [0.717, 1.165) is 55.2 Å². The molecule has 1 atom stereocenters. The Hall–Kier alpha value is -2.00. The maximum Gasteiger partial charge on any atom is 0.259 e. The molecule has 1 spiro atoms. The third kappa shape index (κ3) is 2.75. The molecule has 2 aromatic rings. The summed E-state index contributed by atoms with van der Waals surface area (Å²) in [7, 11) is -3.14. The van der Waals surface area contributed by atoms with Crippen LogP contribution in [0.15, 0.2) is 4.52 Å². The van der Waals surface area contributed by atoms with Gasteiger partial charge in [0.15, 0.2) is 0 Å². The van der Waals surface area contributed by atoms with Gasteiger partial charge in [0.2, 0.25) is 10.0 Å². The van der Waals surface area contributed by atoms with Gasteiger partial charge in [0.1, 0.15) is 0 Å². The molecule has 1 aliphatic heterocycles. The van der Waals surface area contributed by atoms with Gasteiger partial charge in [0, 0.05) is 24.8 Å². The van der Waals surface area contributed by atoms with Crippen LogP contribution in [0, 0.1) is 12.3 Å². The van der Waals surface area contributed by atoms with E-state index in [2.05, 4.69) is 15.5 Å². The van der Waals surface area contributed by atoms with Gasteiger partial charge in [-0.3, -0.25) is 4.79 Å². The number of amides is 1. The van der Waals surface area contributed by atoms with Crippen LogP contribution in [0.25, 0.3) is 11.1 Å². The van der Waals surface area contributed by atoms with Crippen LogP contribution in [-0.4, -0.2) is 54.2 Å². The first-order chi connectivity index (χ1) is 13.3. The minimum absolute atomic E-state index is 0.0376. The van der Waals surface area contributed by atoms with Gasteiger partial charge in [-0.1, -0.05) is 5.16 Å². The van der Waals surface area contributed by atoms with Gasteiger partial charge in [-0.2, -0.15) is 0 Å². The number of aryl methyl sites for hydroxylation is 2. The first-order valence-corrected chi connectivity index (χ1v) is 11.7. The number of rotatable bonds is 3. The van der Waals surface area contributed by atoms with Crippen LogP contribution < -0.4 is 5.32 Å². The van der Waals surface area contributed by atoms with Crippen molar-refractivity contribution in [1.29, 1.82) is 0 Å². The van der Waals surface area contributed by atoms with Crippen molar-refractivity contribution in [3.05, 3.63) is 22.5 Å². The Labute approximate surface area is 163 Å². The predicted molar refractivity (Wildman–Crippen MR) is 103 cm³/mol. The molecule has 0 aromatic carbocycles. The number of piperidine rings is 1. The highest BCUT2D eigenvalue weighted by molar-refractivity contribution is 7.88. The molecule has 3 aliphatic rings. The summed E-state index contributed by atoms with van der Waals surface area (Å²) in [5.41, 5.74) is 3.81. The fourth-order valence-electron chi connectivity index (χ4n) is 4.96. The van der Waals surface area contributed by atoms with Crippen molar-refractivity contribution in [2.45, 2.75) is 51.5 Å². The molecular weight excluding hydrogens is 380 g/mol. The highest BCUT2D eigenvalue weighted by Crippen LogP contribution is 2.54. The van der Waals surface area contributed by atoms with Gasteiger partial charge in [-0.15, -0.1) is 0 Å². The van der Waals surface area contributed by atoms with Gasteiger partial charge >= 0.3 is 0 Å². The predicted octanol–water partition coefficient (Wildman–Crippen LogP) is 1.56. The number of fused-ring (bicyclic) bond motifs is 2. The normalized spacial score (nSPS) is 23.9. The minimum atomic E-state index is -3.14. The molecule has 2 fully saturated rings. The number of carbonyl (C=O) groups excluding carboxylic acids is 1. The van der Waals surface area contributed by atoms with Crippen LogP contribution in [0.2, 0.25) is 0 Å². The Kier molecular flexibility index (Phi) is 3.87. The Morgan fingerprint density at radius 2 is 2.04 bits per heavy atom. The topological polar surface area (TPSA) is 105 Å². The van der Waals surface area contributed by atoms with Crippen molar-refractivity contribution in [3.8, 4) is 0 Å². The first kappa shape index (κ1) is 18.1. The second-order valence-electron chi connectivity index (χ2n) is 8.47. The van der Waals surface area contributed by atoms with Gasteiger partial charge in [0.05, 0.1) is 22.9 Å². The largest absolute Gasteiger partial charge is 0.349 e. The lowest BCUT2D eigenvalue weighted by atomic mass is 9.93. The molecule has 0 radical (unpaired) electrons. The van der Waals surface area contributed by atoms with E-state index >= 15 is 0 Å². The van der Waals surface area contributed by atoms with Crippen LogP contribution in [0.1, 0.15) is 53.0 Å². The Morgan fingerprint density at radius 1 is 1.29 bits per heavy atom. The standard InChI is InChI=1S/C19H24N4O4S/c1-11-15-16(12-4-3-5-13(12)20-18(15)27-22-11)17(24)21-14-10-19(14)6-8-23(9-7-19)28(2,25)26/h14H,3-10H2,1-2H3,(H,21,24). The highest BCUT2D eigenvalue weighted by atomic mass is 32.2. The number of sulfonamides is 1. The summed E-state index contributed by atoms with van der Waals surface area (Å²) in [5.74, 6) is -0.0794. The summed E-state index contributed by atoms with van der Waals surface area (Å²) in [6.07, 6.45) is 6.46. The van der Waals surface area contributed by atoms with Gasteiger partial charge in [-0.25, -0.2) is 17.7 Å². The van der Waals surface area contributed by atoms with Crippen LogP contribution in [0.3, 0.4) is 0 Å². The molecule has 1 amide bonds. The third-order valence-corrected chi connectivity index (χ3v) is 8.03. The zero-order chi connectivity index (χ0) is 19.7. The van der Waals surface area contributed by atoms with E-state index in [1.165, 1.54) is 10.6 Å². The Morgan fingerprint density at radius 3 is 2.75 bits per heavy atom. The monoisotopic (exact) mass is 404 g/mol. The fraction of sp³-hybridized carbons (Fsp3) is 0.632. The molecule has 150 valence electrons. The molecule has 28 heavy (non-hydrogen) atoms. The Balaban J connectivity index is 1.38. The molecule has 2 aromatic heterocycles. The van der Waals surface area contributed by atoms with Crippen LogP contribution in [-0.2, 0) is 22.9 Å². The maximum absolute atomic E-state index is 13.3. The number of aromatic nitrogens is 2. The number of carbonyl (C=O) groups is 1. The summed E-state index contributed by atoms with van der Waals surface area (Å²) in [6, 6.07) is 0.0992. The van der Waals surface area contributed by atoms with Crippen molar-refractivity contribution in [1.82, 2.24) is 19.8 Å². The SMILES string of the molecule is Cc1noc2nc3c(c(C(=O)NC4CC45CCN(S(C)(=O)=O)CC5)c12)CCC3. The van der Waals surface area contributed by atoms with Crippen molar-refractivity contribution < 1.29 is 17.7 Å². The van der Waals surface area contributed by atoms with E-state index in [4.69, 9.17) is 4.52 Å². The van der Waals surface area contributed by atoms with Crippen LogP contribution in [0.4, 0.5) is 0 Å². The van der Waals surface area contributed by atoms with Crippen molar-refractivity contribution >= 4 is 27.0 Å². The number of hydrogen-bond donors (Lipinski definition) is 1. The molecule has 1 saturated heterocycles. The summed E-state index contributed by atoms with van der Waals surface area (Å²) in [6.45, 7) is 2.90. The third-order valence-electron chi connectivity index (χ3n) is 6.73. The van der Waals surface area contributed by atoms with Crippen molar-refractivity contribution in [3.63, 3.8) is 0 Å². The minimum Gasteiger partial charge on any atom is -0.349 e. The molecule has 5 rings (SSSR count). The van der Waals surface area contributed by atoms with E-state index in [1.807, 2.05) is 6.92 Å². The zero-order valence-electron chi connectivity index (χ0n) is 16.1. The maximum atomic E-state index is 13.3. The molecule has 9 heteroatoms. The van der Waals surface area contributed by atoms with Crippen LogP contribution in [0.5, 0.6) is 0 Å². The van der Waals surface area contributed by atoms with Gasteiger partial charge in [0.25, 0.3) is 11.6 Å². The lowest BCUT2D eigenvalue weighted by Gasteiger charge is -2.31. The number of pyridine rings is 1. The molecular formula is C19H24N4O4S. The molecule has 8 nitrogen and oxygen atoms in total. The average molecular weight is 404 g/mol. The van der Waals surface area contributed by atoms with Crippen molar-refractivity contribution in [2.24, 2.45) is 5.41 Å². The molecule has 0 bridgehead atoms. The number of nitrogens with one attached hydrogen (secondary N) is 1. The van der Waals surface area contributed by atoms with Gasteiger partial charge in [-0.05, 0) is 56.4 Å². The summed E-state index contributed by atoms with van der Waals surface area (Å²) < 4.78 is 30.3. The highest BCUT2D eigenvalue weighted by Gasteiger charge is 2.56. The average Bonchev–Trinajstić information content (AvgIpc) is 2.98. The van der Waals surface area contributed by atoms with Crippen molar-refractivity contribution in [2.75, 3.05) is 19.3 Å². The second-order valence-corrected chi connectivity index (χ2v) is 10.5. The summed E-state index contributed by atoms with van der Waals surface area (Å²) >= 11 is 0. The smallest absolute Gasteiger partial charge is 0.259 e. The van der Waals surface area contributed by atoms with Gasteiger partial charge < -0.3 is 9.84 Å². The zero-order valence-corrected chi connectivity index (χ0v) is 16.9. The molecule has 1 N–H and O–H groups in total. The molecule has 2 aliphatic carbocycles. The molecule has 3 heterocycles. The van der Waals surface area contributed by atoms with E-state index in [9.17, 15) is 13.2 Å². The molecule has 1 unspecified atom stereocenters. The fourth-order valence-corrected chi connectivity index (χ4v) is 5.81. The van der Waals surface area contributed by atoms with Crippen LogP contribution >= 0.6 is 0 Å². The van der Waals surface area contributed by atoms with E-state index in [-0.39, 0.29) is 17.4 Å². The summed E-state index contributed by atoms with van der Waals surface area (Å²) in [4.78, 5) is 17.8. The van der Waals surface area contributed by atoms with E-state index < -0.39 is 10.0 Å². The number of nitrogens with zero attached hydrogens (tertiary/aromatic N) is 3. The van der Waals surface area contributed by atoms with E-state index in [0.29, 0.717) is 30.1 Å². The summed E-state index contributed by atoms with van der Waals surface area (Å²) in [5, 5.41) is 7.95. The molecule has 1 saturated carbocycles. The lowest BCUT2D eigenvalue weighted by molar-refractivity contribution is 0.0941. The van der Waals surface area contributed by atoms with E-state index in [1.54, 1.807) is 0 Å². The number of hydrogen-bond acceptors (Lipinski definition) is 6. The second kappa shape index (κ2) is 6.00. The lowest BCUT2D eigenvalue weighted by Crippen LogP contribution is -2.41. The quantitative estimate of drug-likeness (QED) is 0.832. The Bertz CT molecular complexity index is 1080.